The van der Waals surface area contributed by atoms with Crippen molar-refractivity contribution in [2.75, 3.05) is 0 Å². The molecule has 1 saturated carbocycles. The second kappa shape index (κ2) is 9.81. The van der Waals surface area contributed by atoms with E-state index in [9.17, 15) is 18.4 Å². The summed E-state index contributed by atoms with van der Waals surface area (Å²) in [7, 11) is 0. The summed E-state index contributed by atoms with van der Waals surface area (Å²) >= 11 is 0. The number of carbonyl (C=O) groups is 1. The fourth-order valence-corrected chi connectivity index (χ4v) is 4.18. The largest absolute Gasteiger partial charge is 0.364 e. The number of hydrogen-bond acceptors (Lipinski definition) is 3. The van der Waals surface area contributed by atoms with Crippen LogP contribution < -0.4 is 11.2 Å². The molecule has 1 aliphatic carbocycles. The van der Waals surface area contributed by atoms with Gasteiger partial charge in [-0.25, -0.2) is 8.78 Å². The number of nitrogens with one attached hydrogen (secondary N) is 1. The van der Waals surface area contributed by atoms with Crippen LogP contribution in [0.5, 0.6) is 0 Å². The highest BCUT2D eigenvalue weighted by molar-refractivity contribution is 6.03. The fourth-order valence-electron chi connectivity index (χ4n) is 4.18. The van der Waals surface area contributed by atoms with Crippen LogP contribution in [-0.4, -0.2) is 15.9 Å². The number of primary amides is 1. The number of H-pyrrole nitrogens is 1. The predicted octanol–water partition coefficient (Wildman–Crippen LogP) is 4.98. The van der Waals surface area contributed by atoms with Gasteiger partial charge in [-0.05, 0) is 49.3 Å². The molecule has 0 aliphatic heterocycles. The number of hydrogen-bond donors (Lipinski definition) is 2. The molecule has 1 aliphatic rings. The van der Waals surface area contributed by atoms with E-state index in [1.165, 1.54) is 44.5 Å². The number of halogens is 2. The molecular weight excluding hydrogens is 400 g/mol. The monoisotopic (exact) mass is 427 g/mol. The standard InChI is InChI=1S/C17H21N3O2.C7H6F2/c1-2-10-4-3-5-11(8-10)13-9-14(21)15-12(20-13)6-7-19-16(15)17(18)22;1-5-3-2-4-6(8)7(5)9/h6-7,9-11H,2-5,8H2,1H3,(H2,18,22)(H,20,21);2-4H,1H3/t10?,11-;/m0./s1. The number of amides is 1. The Kier molecular flexibility index (Phi) is 7.15. The van der Waals surface area contributed by atoms with Gasteiger partial charge in [-0.3, -0.25) is 14.6 Å². The number of carbonyl (C=O) groups excluding carboxylic acids is 1. The molecule has 0 saturated heterocycles. The molecule has 1 amide bonds. The van der Waals surface area contributed by atoms with Crippen molar-refractivity contribution in [3.05, 3.63) is 75.3 Å². The molecule has 164 valence electrons. The van der Waals surface area contributed by atoms with Crippen LogP contribution >= 0.6 is 0 Å². The molecular formula is C24H27F2N3O2. The Labute approximate surface area is 179 Å². The van der Waals surface area contributed by atoms with Gasteiger partial charge in [0.05, 0.1) is 10.9 Å². The van der Waals surface area contributed by atoms with Crippen molar-refractivity contribution < 1.29 is 13.6 Å². The normalized spacial score (nSPS) is 18.3. The molecule has 1 aromatic carbocycles. The number of aromatic nitrogens is 2. The highest BCUT2D eigenvalue weighted by Crippen LogP contribution is 2.36. The summed E-state index contributed by atoms with van der Waals surface area (Å²) in [6, 6.07) is 7.46. The number of fused-ring (bicyclic) bond motifs is 1. The summed E-state index contributed by atoms with van der Waals surface area (Å²) in [6.45, 7) is 3.75. The Hall–Kier alpha value is -3.09. The number of benzene rings is 1. The van der Waals surface area contributed by atoms with Crippen LogP contribution in [0.1, 0.15) is 66.7 Å². The van der Waals surface area contributed by atoms with E-state index in [1.54, 1.807) is 12.1 Å². The first-order valence-corrected chi connectivity index (χ1v) is 10.5. The minimum absolute atomic E-state index is 0.0420. The molecule has 3 N–H and O–H groups in total. The van der Waals surface area contributed by atoms with Crippen LogP contribution in [0.15, 0.2) is 41.3 Å². The molecule has 7 heteroatoms. The summed E-state index contributed by atoms with van der Waals surface area (Å²) in [4.78, 5) is 31.2. The van der Waals surface area contributed by atoms with Crippen molar-refractivity contribution in [1.82, 2.24) is 9.97 Å². The number of nitrogens with zero attached hydrogens (tertiary/aromatic N) is 1. The van der Waals surface area contributed by atoms with Crippen LogP contribution in [0.2, 0.25) is 0 Å². The van der Waals surface area contributed by atoms with Gasteiger partial charge in [0.15, 0.2) is 17.1 Å². The van der Waals surface area contributed by atoms with Gasteiger partial charge in [-0.15, -0.1) is 0 Å². The molecule has 0 bridgehead atoms. The summed E-state index contributed by atoms with van der Waals surface area (Å²) in [5.74, 6) is -1.09. The highest BCUT2D eigenvalue weighted by atomic mass is 19.2. The minimum Gasteiger partial charge on any atom is -0.364 e. The van der Waals surface area contributed by atoms with Gasteiger partial charge in [0.2, 0.25) is 0 Å². The zero-order valence-corrected chi connectivity index (χ0v) is 17.8. The van der Waals surface area contributed by atoms with E-state index in [4.69, 9.17) is 5.73 Å². The van der Waals surface area contributed by atoms with Crippen LogP contribution in [0.25, 0.3) is 10.9 Å². The summed E-state index contributed by atoms with van der Waals surface area (Å²) in [6.07, 6.45) is 7.39. The van der Waals surface area contributed by atoms with Crippen molar-refractivity contribution in [3.63, 3.8) is 0 Å². The Morgan fingerprint density at radius 1 is 1.26 bits per heavy atom. The van der Waals surface area contributed by atoms with Crippen LogP contribution in [-0.2, 0) is 0 Å². The Bertz CT molecular complexity index is 1120. The molecule has 1 unspecified atom stereocenters. The summed E-state index contributed by atoms with van der Waals surface area (Å²) in [5.41, 5.74) is 7.13. The fraction of sp³-hybridized carbons (Fsp3) is 0.375. The molecule has 4 rings (SSSR count). The average Bonchev–Trinajstić information content (AvgIpc) is 2.77. The van der Waals surface area contributed by atoms with Gasteiger partial charge in [0.25, 0.3) is 5.91 Å². The first-order chi connectivity index (χ1) is 14.8. The maximum atomic E-state index is 12.5. The van der Waals surface area contributed by atoms with Gasteiger partial charge in [-0.1, -0.05) is 38.3 Å². The predicted molar refractivity (Wildman–Crippen MR) is 117 cm³/mol. The summed E-state index contributed by atoms with van der Waals surface area (Å²) in [5, 5.41) is 0.293. The Balaban J connectivity index is 0.000000254. The lowest BCUT2D eigenvalue weighted by Gasteiger charge is -2.28. The van der Waals surface area contributed by atoms with E-state index in [-0.39, 0.29) is 11.1 Å². The van der Waals surface area contributed by atoms with E-state index < -0.39 is 17.5 Å². The van der Waals surface area contributed by atoms with Gasteiger partial charge in [0, 0.05) is 18.0 Å². The van der Waals surface area contributed by atoms with Crippen LogP contribution in [0.3, 0.4) is 0 Å². The van der Waals surface area contributed by atoms with E-state index in [2.05, 4.69) is 16.9 Å². The molecule has 31 heavy (non-hydrogen) atoms. The zero-order chi connectivity index (χ0) is 22.5. The maximum Gasteiger partial charge on any atom is 0.268 e. The van der Waals surface area contributed by atoms with Gasteiger partial charge in [0.1, 0.15) is 5.69 Å². The topological polar surface area (TPSA) is 88.8 Å². The lowest BCUT2D eigenvalue weighted by Crippen LogP contribution is -2.20. The zero-order valence-electron chi connectivity index (χ0n) is 17.8. The van der Waals surface area contributed by atoms with Crippen molar-refractivity contribution in [2.24, 2.45) is 11.7 Å². The average molecular weight is 427 g/mol. The SMILES string of the molecule is CCC1CCC[C@H](c2cc(=O)c3c(C(N)=O)nccc3[nH]2)C1.Cc1cccc(F)c1F. The van der Waals surface area contributed by atoms with E-state index >= 15 is 0 Å². The molecule has 5 nitrogen and oxygen atoms in total. The molecule has 1 fully saturated rings. The van der Waals surface area contributed by atoms with Crippen molar-refractivity contribution in [2.45, 2.75) is 51.9 Å². The molecule has 2 aromatic heterocycles. The van der Waals surface area contributed by atoms with E-state index in [0.717, 1.165) is 30.5 Å². The van der Waals surface area contributed by atoms with Gasteiger partial charge < -0.3 is 10.7 Å². The first-order valence-electron chi connectivity index (χ1n) is 10.5. The maximum absolute atomic E-state index is 12.5. The Morgan fingerprint density at radius 2 is 2.03 bits per heavy atom. The van der Waals surface area contributed by atoms with Crippen molar-refractivity contribution >= 4 is 16.8 Å². The minimum atomic E-state index is -0.782. The first kappa shape index (κ1) is 22.6. The third-order valence-electron chi connectivity index (χ3n) is 5.94. The number of pyridine rings is 2. The number of rotatable bonds is 3. The Morgan fingerprint density at radius 3 is 2.68 bits per heavy atom. The molecule has 0 spiro atoms. The van der Waals surface area contributed by atoms with Crippen LogP contribution in [0, 0.1) is 24.5 Å². The van der Waals surface area contributed by atoms with Gasteiger partial charge >= 0.3 is 0 Å². The lowest BCUT2D eigenvalue weighted by atomic mass is 9.78. The third kappa shape index (κ3) is 5.16. The number of aryl methyl sites for hydroxylation is 1. The highest BCUT2D eigenvalue weighted by Gasteiger charge is 2.24. The van der Waals surface area contributed by atoms with Crippen molar-refractivity contribution in [3.8, 4) is 0 Å². The molecule has 0 radical (unpaired) electrons. The quantitative estimate of drug-likeness (QED) is 0.618. The summed E-state index contributed by atoms with van der Waals surface area (Å²) < 4.78 is 24.6. The molecule has 3 aromatic rings. The molecule has 2 atom stereocenters. The smallest absolute Gasteiger partial charge is 0.268 e. The van der Waals surface area contributed by atoms with E-state index in [0.29, 0.717) is 22.4 Å². The number of nitrogens with two attached hydrogens (primary N) is 1. The number of aromatic amines is 1. The lowest BCUT2D eigenvalue weighted by molar-refractivity contribution is 0.0997. The van der Waals surface area contributed by atoms with Crippen LogP contribution in [0.4, 0.5) is 8.78 Å². The second-order valence-corrected chi connectivity index (χ2v) is 8.04. The second-order valence-electron chi connectivity index (χ2n) is 8.04. The third-order valence-corrected chi connectivity index (χ3v) is 5.94. The van der Waals surface area contributed by atoms with Gasteiger partial charge in [-0.2, -0.15) is 0 Å². The molecule has 2 heterocycles. The van der Waals surface area contributed by atoms with E-state index in [1.807, 2.05) is 0 Å². The van der Waals surface area contributed by atoms with Crippen molar-refractivity contribution in [1.29, 1.82) is 0 Å².